The van der Waals surface area contributed by atoms with Crippen molar-refractivity contribution in [2.75, 3.05) is 26.3 Å². The van der Waals surface area contributed by atoms with Crippen molar-refractivity contribution in [2.24, 2.45) is 10.8 Å². The zero-order chi connectivity index (χ0) is 22.8. The molecule has 1 amide bonds. The van der Waals surface area contributed by atoms with Gasteiger partial charge < -0.3 is 14.4 Å². The normalized spacial score (nSPS) is 28.0. The fourth-order valence-electron chi connectivity index (χ4n) is 5.95. The zero-order valence-electron chi connectivity index (χ0n) is 18.2. The minimum absolute atomic E-state index is 0.215. The van der Waals surface area contributed by atoms with Crippen molar-refractivity contribution < 1.29 is 23.9 Å². The predicted molar refractivity (Wildman–Crippen MR) is 121 cm³/mol. The lowest BCUT2D eigenvalue weighted by atomic mass is 9.86. The van der Waals surface area contributed by atoms with Crippen LogP contribution in [0.3, 0.4) is 0 Å². The van der Waals surface area contributed by atoms with E-state index < -0.39 is 22.7 Å². The Bertz CT molecular complexity index is 1310. The second-order valence-corrected chi connectivity index (χ2v) is 9.13. The Kier molecular flexibility index (Phi) is 4.26. The van der Waals surface area contributed by atoms with Gasteiger partial charge in [-0.15, -0.1) is 0 Å². The Morgan fingerprint density at radius 2 is 1.64 bits per heavy atom. The zero-order valence-corrected chi connectivity index (χ0v) is 18.2. The molecule has 2 heterocycles. The van der Waals surface area contributed by atoms with Crippen LogP contribution in [0.1, 0.15) is 28.8 Å². The molecule has 0 radical (unpaired) electrons. The smallest absolute Gasteiger partial charge is 0.328 e. The molecule has 3 aromatic carbocycles. The molecule has 6 heteroatoms. The molecular weight excluding hydrogens is 418 g/mol. The first kappa shape index (κ1) is 20.1. The number of amides is 1. The van der Waals surface area contributed by atoms with E-state index in [1.807, 2.05) is 36.4 Å². The van der Waals surface area contributed by atoms with Crippen LogP contribution in [-0.4, -0.2) is 48.9 Å². The number of ether oxygens (including phenoxy) is 2. The molecule has 0 bridgehead atoms. The molecule has 2 aliphatic heterocycles. The average Bonchev–Trinajstić information content (AvgIpc) is 3.46. The number of Topliss-reactive ketones (excluding diaryl/α,β-unsaturated/α-hetero) is 1. The lowest BCUT2D eigenvalue weighted by molar-refractivity contribution is -0.156. The van der Waals surface area contributed by atoms with Gasteiger partial charge in [-0.05, 0) is 23.8 Å². The molecule has 0 N–H and O–H groups in total. The summed E-state index contributed by atoms with van der Waals surface area (Å²) in [6, 6.07) is 20.4. The van der Waals surface area contributed by atoms with Gasteiger partial charge in [0.05, 0.1) is 18.6 Å². The standard InChI is InChI=1S/C27H23NO5/c1-26(23(29)18-8-3-2-4-9-18)22-21-19-10-6-5-7-17(19)11-12-20(21)33-25(31)27(22,26)24(30)28-13-15-32-16-14-28/h2-12,22H,13-16H2,1H3/t22-,26+,27-/m0/s1. The number of nitrogens with zero attached hydrogens (tertiary/aromatic N) is 1. The van der Waals surface area contributed by atoms with E-state index in [9.17, 15) is 14.4 Å². The third-order valence-corrected chi connectivity index (χ3v) is 7.63. The number of hydrogen-bond donors (Lipinski definition) is 0. The van der Waals surface area contributed by atoms with Crippen molar-refractivity contribution in [3.63, 3.8) is 0 Å². The van der Waals surface area contributed by atoms with Gasteiger partial charge in [0, 0.05) is 30.1 Å². The van der Waals surface area contributed by atoms with Crippen molar-refractivity contribution in [1.29, 1.82) is 0 Å². The van der Waals surface area contributed by atoms with E-state index in [4.69, 9.17) is 9.47 Å². The number of carbonyl (C=O) groups excluding carboxylic acids is 3. The van der Waals surface area contributed by atoms with Crippen LogP contribution < -0.4 is 4.74 Å². The maximum Gasteiger partial charge on any atom is 0.328 e. The molecule has 0 aromatic heterocycles. The van der Waals surface area contributed by atoms with E-state index in [0.717, 1.165) is 16.3 Å². The summed E-state index contributed by atoms with van der Waals surface area (Å²) < 4.78 is 11.2. The summed E-state index contributed by atoms with van der Waals surface area (Å²) in [7, 11) is 0. The highest BCUT2D eigenvalue weighted by Crippen LogP contribution is 2.79. The number of carbonyl (C=O) groups is 3. The first-order valence-corrected chi connectivity index (χ1v) is 11.2. The van der Waals surface area contributed by atoms with Gasteiger partial charge in [-0.3, -0.25) is 14.4 Å². The summed E-state index contributed by atoms with van der Waals surface area (Å²) >= 11 is 0. The fourth-order valence-corrected chi connectivity index (χ4v) is 5.95. The van der Waals surface area contributed by atoms with E-state index in [-0.39, 0.29) is 11.7 Å². The van der Waals surface area contributed by atoms with Crippen LogP contribution in [0.2, 0.25) is 0 Å². The molecule has 6 rings (SSSR count). The van der Waals surface area contributed by atoms with Crippen LogP contribution in [0.15, 0.2) is 66.7 Å². The highest BCUT2D eigenvalue weighted by Gasteiger charge is 2.88. The summed E-state index contributed by atoms with van der Waals surface area (Å²) in [5.41, 5.74) is -1.59. The molecule has 33 heavy (non-hydrogen) atoms. The highest BCUT2D eigenvalue weighted by atomic mass is 16.5. The molecule has 3 atom stereocenters. The van der Waals surface area contributed by atoms with Crippen LogP contribution in [0.5, 0.6) is 5.75 Å². The van der Waals surface area contributed by atoms with Gasteiger partial charge in [-0.2, -0.15) is 0 Å². The van der Waals surface area contributed by atoms with E-state index in [1.54, 1.807) is 42.2 Å². The average molecular weight is 441 g/mol. The molecule has 1 saturated heterocycles. The van der Waals surface area contributed by atoms with Gasteiger partial charge in [0.2, 0.25) is 5.91 Å². The topological polar surface area (TPSA) is 72.9 Å². The lowest BCUT2D eigenvalue weighted by Gasteiger charge is -2.32. The first-order valence-electron chi connectivity index (χ1n) is 11.2. The molecule has 0 unspecified atom stereocenters. The summed E-state index contributed by atoms with van der Waals surface area (Å²) in [6.45, 7) is 3.34. The summed E-state index contributed by atoms with van der Waals surface area (Å²) in [5.74, 6) is -1.37. The molecule has 3 aliphatic rings. The van der Waals surface area contributed by atoms with E-state index >= 15 is 0 Å². The van der Waals surface area contributed by atoms with Crippen LogP contribution in [0, 0.1) is 10.8 Å². The van der Waals surface area contributed by atoms with E-state index in [2.05, 4.69) is 0 Å². The van der Waals surface area contributed by atoms with Gasteiger partial charge in [0.1, 0.15) is 5.75 Å². The number of benzene rings is 3. The Balaban J connectivity index is 1.59. The Hall–Kier alpha value is -3.51. The number of esters is 1. The lowest BCUT2D eigenvalue weighted by Crippen LogP contribution is -2.50. The molecule has 1 aliphatic carbocycles. The van der Waals surface area contributed by atoms with Gasteiger partial charge in [-0.25, -0.2) is 0 Å². The third kappa shape index (κ3) is 2.50. The minimum Gasteiger partial charge on any atom is -0.425 e. The number of morpholine rings is 1. The number of ketones is 1. The second kappa shape index (κ2) is 6.99. The van der Waals surface area contributed by atoms with Gasteiger partial charge in [0.15, 0.2) is 11.2 Å². The third-order valence-electron chi connectivity index (χ3n) is 7.63. The Morgan fingerprint density at radius 3 is 2.39 bits per heavy atom. The largest absolute Gasteiger partial charge is 0.425 e. The van der Waals surface area contributed by atoms with Crippen molar-refractivity contribution >= 4 is 28.4 Å². The monoisotopic (exact) mass is 441 g/mol. The second-order valence-electron chi connectivity index (χ2n) is 9.13. The number of fused-ring (bicyclic) bond motifs is 5. The molecule has 0 spiro atoms. The minimum atomic E-state index is -1.59. The molecule has 1 saturated carbocycles. The van der Waals surface area contributed by atoms with Crippen LogP contribution in [0.4, 0.5) is 0 Å². The van der Waals surface area contributed by atoms with Gasteiger partial charge in [-0.1, -0.05) is 60.7 Å². The summed E-state index contributed by atoms with van der Waals surface area (Å²) in [5, 5.41) is 1.87. The van der Waals surface area contributed by atoms with Crippen molar-refractivity contribution in [3.8, 4) is 5.75 Å². The number of rotatable bonds is 3. The Labute approximate surface area is 191 Å². The molecule has 166 valence electrons. The van der Waals surface area contributed by atoms with E-state index in [1.165, 1.54) is 0 Å². The van der Waals surface area contributed by atoms with Crippen molar-refractivity contribution in [2.45, 2.75) is 12.8 Å². The van der Waals surface area contributed by atoms with Crippen LogP contribution in [-0.2, 0) is 14.3 Å². The number of hydrogen-bond acceptors (Lipinski definition) is 5. The van der Waals surface area contributed by atoms with Crippen molar-refractivity contribution in [1.82, 2.24) is 4.90 Å². The quantitative estimate of drug-likeness (QED) is 0.269. The molecule has 6 nitrogen and oxygen atoms in total. The van der Waals surface area contributed by atoms with E-state index in [0.29, 0.717) is 37.6 Å². The Morgan fingerprint density at radius 1 is 0.939 bits per heavy atom. The van der Waals surface area contributed by atoms with Crippen molar-refractivity contribution in [3.05, 3.63) is 77.9 Å². The highest BCUT2D eigenvalue weighted by molar-refractivity contribution is 6.22. The fraction of sp³-hybridized carbons (Fsp3) is 0.296. The maximum absolute atomic E-state index is 14.0. The molecule has 3 aromatic rings. The first-order chi connectivity index (χ1) is 16.0. The van der Waals surface area contributed by atoms with Crippen LogP contribution >= 0.6 is 0 Å². The summed E-state index contributed by atoms with van der Waals surface area (Å²) in [4.78, 5) is 43.3. The van der Waals surface area contributed by atoms with Crippen LogP contribution in [0.25, 0.3) is 10.8 Å². The SMILES string of the molecule is C[C@]1(C(=O)c2ccccc2)[C@@H]2c3c(ccc4ccccc34)OC(=O)[C@@]21C(=O)N1CCOCC1. The van der Waals surface area contributed by atoms with Gasteiger partial charge >= 0.3 is 5.97 Å². The van der Waals surface area contributed by atoms with Gasteiger partial charge in [0.25, 0.3) is 0 Å². The maximum atomic E-state index is 14.0. The molecule has 2 fully saturated rings. The molecular formula is C27H23NO5. The summed E-state index contributed by atoms with van der Waals surface area (Å²) in [6.07, 6.45) is 0. The predicted octanol–water partition coefficient (Wildman–Crippen LogP) is 3.59.